The van der Waals surface area contributed by atoms with E-state index in [9.17, 15) is 0 Å². The van der Waals surface area contributed by atoms with Gasteiger partial charge in [-0.3, -0.25) is 4.90 Å². The molecular formula is C21H29IN4O3. The molecule has 1 aliphatic heterocycles. The van der Waals surface area contributed by atoms with Crippen molar-refractivity contribution >= 4 is 35.6 Å². The highest BCUT2D eigenvalue weighted by Crippen LogP contribution is 2.29. The number of halogens is 1. The first kappa shape index (κ1) is 23.2. The van der Waals surface area contributed by atoms with Crippen LogP contribution < -0.4 is 20.5 Å². The maximum absolute atomic E-state index is 6.02. The van der Waals surface area contributed by atoms with E-state index in [1.165, 1.54) is 5.56 Å². The van der Waals surface area contributed by atoms with Gasteiger partial charge in [0.2, 0.25) is 0 Å². The van der Waals surface area contributed by atoms with Crippen molar-refractivity contribution in [3.63, 3.8) is 0 Å². The molecule has 0 atom stereocenters. The Kier molecular flexibility index (Phi) is 9.49. The van der Waals surface area contributed by atoms with Crippen molar-refractivity contribution in [2.24, 2.45) is 10.7 Å². The number of morpholine rings is 1. The van der Waals surface area contributed by atoms with Crippen LogP contribution in [0, 0.1) is 0 Å². The number of hydrogen-bond acceptors (Lipinski definition) is 5. The summed E-state index contributed by atoms with van der Waals surface area (Å²) in [6, 6.07) is 14.0. The van der Waals surface area contributed by atoms with Crippen LogP contribution in [0.15, 0.2) is 47.5 Å². The molecule has 3 N–H and O–H groups in total. The van der Waals surface area contributed by atoms with Crippen molar-refractivity contribution in [2.75, 3.05) is 45.8 Å². The van der Waals surface area contributed by atoms with Crippen molar-refractivity contribution in [2.45, 2.75) is 13.1 Å². The average Bonchev–Trinajstić information content (AvgIpc) is 2.74. The predicted molar refractivity (Wildman–Crippen MR) is 126 cm³/mol. The lowest BCUT2D eigenvalue weighted by atomic mass is 10.1. The maximum Gasteiger partial charge on any atom is 0.193 e. The lowest BCUT2D eigenvalue weighted by Gasteiger charge is -2.26. The van der Waals surface area contributed by atoms with Crippen LogP contribution in [0.4, 0.5) is 5.69 Å². The molecule has 158 valence electrons. The second kappa shape index (κ2) is 11.8. The topological polar surface area (TPSA) is 81.3 Å². The third kappa shape index (κ3) is 7.06. The molecule has 0 aliphatic carbocycles. The molecule has 0 amide bonds. The molecule has 0 saturated carbocycles. The van der Waals surface area contributed by atoms with E-state index in [4.69, 9.17) is 19.9 Å². The van der Waals surface area contributed by atoms with Gasteiger partial charge in [-0.1, -0.05) is 24.3 Å². The minimum absolute atomic E-state index is 0. The van der Waals surface area contributed by atoms with E-state index in [0.29, 0.717) is 24.0 Å². The molecule has 1 fully saturated rings. The summed E-state index contributed by atoms with van der Waals surface area (Å²) in [4.78, 5) is 6.82. The first-order chi connectivity index (χ1) is 13.7. The highest BCUT2D eigenvalue weighted by Gasteiger charge is 2.10. The van der Waals surface area contributed by atoms with Crippen LogP contribution in [-0.4, -0.2) is 51.4 Å². The lowest BCUT2D eigenvalue weighted by Crippen LogP contribution is -2.35. The standard InChI is InChI=1S/C21H28N4O3.HI/c1-26-19-8-7-18(13-20(19)27-2)24-21(22)23-14-16-3-5-17(6-4-16)15-25-9-11-28-12-10-25;/h3-8,13H,9-12,14-15H2,1-2H3,(H3,22,23,24);1H. The van der Waals surface area contributed by atoms with Crippen LogP contribution in [0.2, 0.25) is 0 Å². The van der Waals surface area contributed by atoms with Crippen molar-refractivity contribution in [1.82, 2.24) is 4.90 Å². The van der Waals surface area contributed by atoms with Crippen molar-refractivity contribution in [3.8, 4) is 11.5 Å². The monoisotopic (exact) mass is 512 g/mol. The van der Waals surface area contributed by atoms with Crippen LogP contribution in [0.1, 0.15) is 11.1 Å². The molecule has 0 aromatic heterocycles. The zero-order valence-electron chi connectivity index (χ0n) is 16.9. The summed E-state index contributed by atoms with van der Waals surface area (Å²) in [6.45, 7) is 5.09. The third-order valence-corrected chi connectivity index (χ3v) is 4.62. The predicted octanol–water partition coefficient (Wildman–Crippen LogP) is 3.08. The van der Waals surface area contributed by atoms with Gasteiger partial charge >= 0.3 is 0 Å². The lowest BCUT2D eigenvalue weighted by molar-refractivity contribution is 0.0342. The van der Waals surface area contributed by atoms with E-state index in [1.54, 1.807) is 14.2 Å². The number of nitrogens with one attached hydrogen (secondary N) is 1. The molecule has 1 saturated heterocycles. The van der Waals surface area contributed by atoms with E-state index in [2.05, 4.69) is 39.5 Å². The quantitative estimate of drug-likeness (QED) is 0.337. The number of guanidine groups is 1. The summed E-state index contributed by atoms with van der Waals surface area (Å²) in [5.41, 5.74) is 9.22. The Morgan fingerprint density at radius 3 is 2.34 bits per heavy atom. The van der Waals surface area contributed by atoms with E-state index >= 15 is 0 Å². The molecule has 0 bridgehead atoms. The fraction of sp³-hybridized carbons (Fsp3) is 0.381. The number of nitrogens with zero attached hydrogens (tertiary/aromatic N) is 2. The van der Waals surface area contributed by atoms with Gasteiger partial charge in [0.15, 0.2) is 17.5 Å². The van der Waals surface area contributed by atoms with Gasteiger partial charge in [0.05, 0.1) is 34.0 Å². The second-order valence-corrected chi connectivity index (χ2v) is 6.60. The van der Waals surface area contributed by atoms with Gasteiger partial charge in [0.1, 0.15) is 0 Å². The normalized spacial score (nSPS) is 14.8. The highest BCUT2D eigenvalue weighted by molar-refractivity contribution is 14.0. The average molecular weight is 512 g/mol. The Morgan fingerprint density at radius 2 is 1.69 bits per heavy atom. The second-order valence-electron chi connectivity index (χ2n) is 6.60. The SMILES string of the molecule is COc1ccc(NC(N)=NCc2ccc(CN3CCOCC3)cc2)cc1OC.I. The summed E-state index contributed by atoms with van der Waals surface area (Å²) in [5, 5.41) is 3.08. The van der Waals surface area contributed by atoms with E-state index < -0.39 is 0 Å². The number of methoxy groups -OCH3 is 2. The van der Waals surface area contributed by atoms with E-state index in [0.717, 1.165) is 44.1 Å². The Morgan fingerprint density at radius 1 is 1.03 bits per heavy atom. The molecule has 2 aromatic rings. The molecule has 1 aliphatic rings. The summed E-state index contributed by atoms with van der Waals surface area (Å²) in [5.74, 6) is 1.65. The van der Waals surface area contributed by atoms with Crippen LogP contribution in [0.5, 0.6) is 11.5 Å². The molecule has 1 heterocycles. The molecule has 8 heteroatoms. The van der Waals surface area contributed by atoms with Crippen molar-refractivity contribution in [1.29, 1.82) is 0 Å². The van der Waals surface area contributed by atoms with Crippen molar-refractivity contribution < 1.29 is 14.2 Å². The van der Waals surface area contributed by atoms with Crippen molar-refractivity contribution in [3.05, 3.63) is 53.6 Å². The first-order valence-corrected chi connectivity index (χ1v) is 9.35. The molecule has 0 spiro atoms. The number of rotatable bonds is 7. The number of anilines is 1. The number of hydrogen-bond donors (Lipinski definition) is 2. The van der Waals surface area contributed by atoms with E-state index in [-0.39, 0.29) is 24.0 Å². The molecule has 3 rings (SSSR count). The Hall–Kier alpha value is -2.04. The van der Waals surface area contributed by atoms with Gasteiger partial charge in [-0.15, -0.1) is 24.0 Å². The highest BCUT2D eigenvalue weighted by atomic mass is 127. The molecule has 0 unspecified atom stereocenters. The molecule has 2 aromatic carbocycles. The number of benzene rings is 2. The number of aliphatic imine (C=N–C) groups is 1. The molecule has 0 radical (unpaired) electrons. The Balaban J connectivity index is 0.00000300. The van der Waals surface area contributed by atoms with Gasteiger partial charge in [0.25, 0.3) is 0 Å². The summed E-state index contributed by atoms with van der Waals surface area (Å²) in [7, 11) is 3.20. The molecular weight excluding hydrogens is 483 g/mol. The van der Waals surface area contributed by atoms with Crippen LogP contribution in [0.25, 0.3) is 0 Å². The van der Waals surface area contributed by atoms with Gasteiger partial charge < -0.3 is 25.3 Å². The fourth-order valence-corrected chi connectivity index (χ4v) is 3.05. The van der Waals surface area contributed by atoms with E-state index in [1.807, 2.05) is 18.2 Å². The van der Waals surface area contributed by atoms with Crippen LogP contribution in [-0.2, 0) is 17.8 Å². The van der Waals surface area contributed by atoms with Gasteiger partial charge in [0, 0.05) is 31.4 Å². The molecule has 7 nitrogen and oxygen atoms in total. The Bertz CT molecular complexity index is 793. The smallest absolute Gasteiger partial charge is 0.193 e. The zero-order valence-corrected chi connectivity index (χ0v) is 19.2. The van der Waals surface area contributed by atoms with Gasteiger partial charge in [-0.2, -0.15) is 0 Å². The summed E-state index contributed by atoms with van der Waals surface area (Å²) in [6.07, 6.45) is 0. The maximum atomic E-state index is 6.02. The third-order valence-electron chi connectivity index (χ3n) is 4.62. The Labute approximate surface area is 189 Å². The summed E-state index contributed by atoms with van der Waals surface area (Å²) >= 11 is 0. The zero-order chi connectivity index (χ0) is 19.8. The van der Waals surface area contributed by atoms with Crippen LogP contribution >= 0.6 is 24.0 Å². The fourth-order valence-electron chi connectivity index (χ4n) is 3.05. The minimum Gasteiger partial charge on any atom is -0.493 e. The first-order valence-electron chi connectivity index (χ1n) is 9.35. The summed E-state index contributed by atoms with van der Waals surface area (Å²) < 4.78 is 15.9. The van der Waals surface area contributed by atoms with Gasteiger partial charge in [-0.05, 0) is 23.3 Å². The minimum atomic E-state index is 0. The largest absolute Gasteiger partial charge is 0.493 e. The number of ether oxygens (including phenoxy) is 3. The van der Waals surface area contributed by atoms with Gasteiger partial charge in [-0.25, -0.2) is 4.99 Å². The molecule has 29 heavy (non-hydrogen) atoms. The van der Waals surface area contributed by atoms with Crippen LogP contribution in [0.3, 0.4) is 0 Å². The number of nitrogens with two attached hydrogens (primary N) is 1.